The molecular formula is C32H23N3O4. The Morgan fingerprint density at radius 2 is 1.64 bits per heavy atom. The average Bonchev–Trinajstić information content (AvgIpc) is 3.19. The van der Waals surface area contributed by atoms with Crippen molar-refractivity contribution in [3.63, 3.8) is 0 Å². The van der Waals surface area contributed by atoms with Crippen LogP contribution in [0, 0.1) is 28.9 Å². The molecule has 1 saturated heterocycles. The van der Waals surface area contributed by atoms with Crippen LogP contribution in [0.25, 0.3) is 0 Å². The van der Waals surface area contributed by atoms with Gasteiger partial charge in [0.2, 0.25) is 11.8 Å². The van der Waals surface area contributed by atoms with Crippen LogP contribution < -0.4 is 4.90 Å². The van der Waals surface area contributed by atoms with E-state index in [4.69, 9.17) is 4.99 Å². The number of imide groups is 1. The first-order valence-corrected chi connectivity index (χ1v) is 12.8. The second-order valence-corrected chi connectivity index (χ2v) is 10.4. The Labute approximate surface area is 224 Å². The Morgan fingerprint density at radius 3 is 2.41 bits per heavy atom. The van der Waals surface area contributed by atoms with Gasteiger partial charge < -0.3 is 0 Å². The van der Waals surface area contributed by atoms with Crippen molar-refractivity contribution in [3.8, 4) is 0 Å². The summed E-state index contributed by atoms with van der Waals surface area (Å²) < 4.78 is 0. The highest BCUT2D eigenvalue weighted by Gasteiger charge is 2.65. The van der Waals surface area contributed by atoms with E-state index >= 15 is 0 Å². The van der Waals surface area contributed by atoms with Gasteiger partial charge in [0.15, 0.2) is 0 Å². The number of para-hydroxylation sites is 2. The topological polar surface area (TPSA) is 92.9 Å². The molecule has 4 aromatic rings. The number of nitro benzene ring substituents is 1. The van der Waals surface area contributed by atoms with E-state index in [0.717, 1.165) is 38.4 Å². The highest BCUT2D eigenvalue weighted by Crippen LogP contribution is 2.60. The lowest BCUT2D eigenvalue weighted by molar-refractivity contribution is -0.384. The van der Waals surface area contributed by atoms with E-state index in [-0.39, 0.29) is 17.3 Å². The van der Waals surface area contributed by atoms with Crippen LogP contribution >= 0.6 is 0 Å². The molecule has 1 aliphatic heterocycles. The first-order valence-electron chi connectivity index (χ1n) is 12.8. The Morgan fingerprint density at radius 1 is 0.897 bits per heavy atom. The van der Waals surface area contributed by atoms with Crippen LogP contribution in [-0.4, -0.2) is 23.0 Å². The highest BCUT2D eigenvalue weighted by atomic mass is 16.6. The zero-order valence-electron chi connectivity index (χ0n) is 21.0. The minimum absolute atomic E-state index is 0.00161. The van der Waals surface area contributed by atoms with Gasteiger partial charge in [-0.15, -0.1) is 0 Å². The largest absolute Gasteiger partial charge is 0.293 e. The molecular weight excluding hydrogens is 490 g/mol. The zero-order valence-corrected chi connectivity index (χ0v) is 21.0. The fraction of sp³-hybridized carbons (Fsp3) is 0.156. The van der Waals surface area contributed by atoms with Crippen molar-refractivity contribution in [1.82, 2.24) is 0 Å². The van der Waals surface area contributed by atoms with E-state index in [0.29, 0.717) is 0 Å². The summed E-state index contributed by atoms with van der Waals surface area (Å²) in [6, 6.07) is 29.7. The van der Waals surface area contributed by atoms with Gasteiger partial charge >= 0.3 is 0 Å². The molecule has 0 saturated carbocycles. The third-order valence-electron chi connectivity index (χ3n) is 8.43. The molecule has 1 fully saturated rings. The van der Waals surface area contributed by atoms with E-state index < -0.39 is 34.0 Å². The van der Waals surface area contributed by atoms with Gasteiger partial charge in [0, 0.05) is 18.2 Å². The molecule has 10 rings (SSSR count). The van der Waals surface area contributed by atoms with Crippen molar-refractivity contribution in [2.45, 2.75) is 18.3 Å². The normalized spacial score (nSPS) is 24.5. The Bertz CT molecular complexity index is 1730. The van der Waals surface area contributed by atoms with E-state index in [1.54, 1.807) is 6.07 Å². The third kappa shape index (κ3) is 3.13. The van der Waals surface area contributed by atoms with Crippen LogP contribution in [0.4, 0.5) is 17.1 Å². The molecule has 6 aliphatic rings. The number of nitrogens with zero attached hydrogens (tertiary/aromatic N) is 3. The van der Waals surface area contributed by atoms with Crippen LogP contribution in [-0.2, 0) is 15.0 Å². The summed E-state index contributed by atoms with van der Waals surface area (Å²) in [7, 11) is 0. The number of anilines is 1. The standard InChI is InChI=1S/C32H23N3O4/c1-19-7-6-8-22(17-19)33-18-32-21-15-13-20(14-16-21)27(23-9-2-3-10-24(23)32)28-29(32)31(37)34(30(28)36)25-11-4-5-12-26(25)35(38)39/h2-18,27-29H,1H3/t27-,28+,29-,32+/m0/s1. The molecule has 0 N–H and O–H groups in total. The average molecular weight is 514 g/mol. The quantitative estimate of drug-likeness (QED) is 0.148. The van der Waals surface area contributed by atoms with Gasteiger partial charge in [0.05, 0.1) is 27.9 Å². The Hall–Kier alpha value is -4.91. The lowest BCUT2D eigenvalue weighted by Crippen LogP contribution is -2.51. The van der Waals surface area contributed by atoms with E-state index in [1.165, 1.54) is 18.2 Å². The van der Waals surface area contributed by atoms with Crippen molar-refractivity contribution in [1.29, 1.82) is 0 Å². The molecule has 0 spiro atoms. The number of hydrogen-bond donors (Lipinski definition) is 0. The van der Waals surface area contributed by atoms with Crippen LogP contribution in [0.1, 0.15) is 33.7 Å². The molecule has 2 amide bonds. The molecule has 0 aromatic heterocycles. The van der Waals surface area contributed by atoms with E-state index in [1.807, 2.05) is 85.9 Å². The second kappa shape index (κ2) is 8.30. The maximum Gasteiger partial charge on any atom is 0.293 e. The number of carbonyl (C=O) groups excluding carboxylic acids is 2. The summed E-state index contributed by atoms with van der Waals surface area (Å²) in [5, 5.41) is 11.9. The SMILES string of the molecule is Cc1cccc(N=C[C@@]23c4ccc(cc4)[C@@H](c4ccccc42)[C@H]2C(=O)N(c4ccccc4[N+](=O)[O-])C(=O)[C@H]23)c1. The molecule has 0 radical (unpaired) electrons. The number of amides is 2. The minimum Gasteiger partial charge on any atom is -0.274 e. The smallest absolute Gasteiger partial charge is 0.274 e. The number of hydrogen-bond acceptors (Lipinski definition) is 5. The number of nitro groups is 1. The third-order valence-corrected chi connectivity index (χ3v) is 8.43. The number of carbonyl (C=O) groups is 2. The van der Waals surface area contributed by atoms with Crippen molar-refractivity contribution in [2.75, 3.05) is 4.90 Å². The molecule has 4 atom stereocenters. The summed E-state index contributed by atoms with van der Waals surface area (Å²) in [6.07, 6.45) is 1.82. The molecule has 1 heterocycles. The zero-order chi connectivity index (χ0) is 26.9. The van der Waals surface area contributed by atoms with Gasteiger partial charge in [0.25, 0.3) is 5.69 Å². The summed E-state index contributed by atoms with van der Waals surface area (Å²) in [4.78, 5) is 46.1. The summed E-state index contributed by atoms with van der Waals surface area (Å²) in [6.45, 7) is 1.99. The van der Waals surface area contributed by atoms with Gasteiger partial charge in [-0.05, 0) is 52.9 Å². The molecule has 39 heavy (non-hydrogen) atoms. The van der Waals surface area contributed by atoms with Crippen molar-refractivity contribution in [2.24, 2.45) is 16.8 Å². The van der Waals surface area contributed by atoms with Crippen LogP contribution in [0.2, 0.25) is 0 Å². The maximum atomic E-state index is 14.5. The van der Waals surface area contributed by atoms with Crippen LogP contribution in [0.15, 0.2) is 102 Å². The molecule has 7 heteroatoms. The highest BCUT2D eigenvalue weighted by molar-refractivity contribution is 6.25. The van der Waals surface area contributed by atoms with Gasteiger partial charge in [-0.25, -0.2) is 4.90 Å². The fourth-order valence-electron chi connectivity index (χ4n) is 6.85. The molecule has 4 aromatic carbocycles. The van der Waals surface area contributed by atoms with Crippen molar-refractivity contribution < 1.29 is 14.5 Å². The van der Waals surface area contributed by atoms with E-state index in [2.05, 4.69) is 0 Å². The number of aryl methyl sites for hydroxylation is 1. The van der Waals surface area contributed by atoms with Gasteiger partial charge in [-0.3, -0.25) is 24.7 Å². The van der Waals surface area contributed by atoms with Crippen molar-refractivity contribution >= 4 is 35.1 Å². The van der Waals surface area contributed by atoms with Crippen LogP contribution in [0.3, 0.4) is 0 Å². The molecule has 190 valence electrons. The molecule has 4 bridgehead atoms. The predicted octanol–water partition coefficient (Wildman–Crippen LogP) is 5.86. The first-order chi connectivity index (χ1) is 18.9. The molecule has 0 unspecified atom stereocenters. The summed E-state index contributed by atoms with van der Waals surface area (Å²) in [5.74, 6) is -2.80. The summed E-state index contributed by atoms with van der Waals surface area (Å²) in [5.41, 5.74) is 4.17. The van der Waals surface area contributed by atoms with Gasteiger partial charge in [-0.2, -0.15) is 0 Å². The Balaban J connectivity index is 1.52. The monoisotopic (exact) mass is 513 g/mol. The number of benzene rings is 4. The summed E-state index contributed by atoms with van der Waals surface area (Å²) >= 11 is 0. The Kier molecular flexibility index (Phi) is 4.94. The maximum absolute atomic E-state index is 14.5. The predicted molar refractivity (Wildman–Crippen MR) is 147 cm³/mol. The lowest BCUT2D eigenvalue weighted by atomic mass is 9.52. The fourth-order valence-corrected chi connectivity index (χ4v) is 6.85. The molecule has 5 aliphatic carbocycles. The van der Waals surface area contributed by atoms with E-state index in [9.17, 15) is 19.7 Å². The molecule has 7 nitrogen and oxygen atoms in total. The van der Waals surface area contributed by atoms with Gasteiger partial charge in [-0.1, -0.05) is 72.8 Å². The van der Waals surface area contributed by atoms with Gasteiger partial charge in [0.1, 0.15) is 5.69 Å². The van der Waals surface area contributed by atoms with Crippen LogP contribution in [0.5, 0.6) is 0 Å². The lowest BCUT2D eigenvalue weighted by Gasteiger charge is -2.48. The minimum atomic E-state index is -1.05. The number of aliphatic imine (C=N–C) groups is 1. The van der Waals surface area contributed by atoms with Crippen molar-refractivity contribution in [3.05, 3.63) is 135 Å². The second-order valence-electron chi connectivity index (χ2n) is 10.4. The number of rotatable bonds is 4. The first kappa shape index (κ1) is 23.2.